The lowest BCUT2D eigenvalue weighted by Gasteiger charge is -2.25. The van der Waals surface area contributed by atoms with Crippen LogP contribution in [0.2, 0.25) is 0 Å². The summed E-state index contributed by atoms with van der Waals surface area (Å²) >= 11 is 0. The van der Waals surface area contributed by atoms with Crippen molar-refractivity contribution in [2.45, 2.75) is 25.5 Å². The van der Waals surface area contributed by atoms with Crippen molar-refractivity contribution in [3.05, 3.63) is 30.3 Å². The van der Waals surface area contributed by atoms with Gasteiger partial charge in [-0.05, 0) is 25.5 Å². The van der Waals surface area contributed by atoms with Crippen molar-refractivity contribution in [2.75, 3.05) is 18.6 Å². The molecule has 1 saturated heterocycles. The summed E-state index contributed by atoms with van der Waals surface area (Å²) in [6.45, 7) is 3.33. The highest BCUT2D eigenvalue weighted by Gasteiger charge is 2.30. The third-order valence-corrected chi connectivity index (χ3v) is 3.07. The van der Waals surface area contributed by atoms with Gasteiger partial charge in [0, 0.05) is 19.3 Å². The number of ether oxygens (including phenoxy) is 1. The summed E-state index contributed by atoms with van der Waals surface area (Å²) in [6.07, 6.45) is 1.52. The molecule has 0 radical (unpaired) electrons. The zero-order valence-corrected chi connectivity index (χ0v) is 8.81. The molecule has 2 unspecified atom stereocenters. The van der Waals surface area contributed by atoms with Gasteiger partial charge in [0.25, 0.3) is 0 Å². The van der Waals surface area contributed by atoms with Crippen LogP contribution in [-0.2, 0) is 4.74 Å². The first kappa shape index (κ1) is 9.53. The summed E-state index contributed by atoms with van der Waals surface area (Å²) in [6, 6.07) is 11.0. The molecule has 1 fully saturated rings. The van der Waals surface area contributed by atoms with Crippen molar-refractivity contribution < 1.29 is 4.74 Å². The molecule has 0 aromatic heterocycles. The van der Waals surface area contributed by atoms with E-state index in [0.717, 1.165) is 13.0 Å². The third-order valence-electron chi connectivity index (χ3n) is 3.07. The van der Waals surface area contributed by atoms with Crippen LogP contribution in [0.25, 0.3) is 0 Å². The second kappa shape index (κ2) is 4.01. The van der Waals surface area contributed by atoms with E-state index in [1.54, 1.807) is 7.11 Å². The molecule has 14 heavy (non-hydrogen) atoms. The molecule has 1 aromatic carbocycles. The fourth-order valence-corrected chi connectivity index (χ4v) is 2.21. The van der Waals surface area contributed by atoms with Crippen LogP contribution in [0.15, 0.2) is 30.3 Å². The average Bonchev–Trinajstić information content (AvgIpc) is 2.61. The Bertz CT molecular complexity index is 286. The Balaban J connectivity index is 2.14. The first-order valence-electron chi connectivity index (χ1n) is 5.17. The fraction of sp³-hybridized carbons (Fsp3) is 0.500. The number of para-hydroxylation sites is 1. The van der Waals surface area contributed by atoms with Gasteiger partial charge in [0.1, 0.15) is 0 Å². The zero-order valence-electron chi connectivity index (χ0n) is 8.81. The quantitative estimate of drug-likeness (QED) is 0.711. The van der Waals surface area contributed by atoms with Crippen LogP contribution < -0.4 is 4.90 Å². The summed E-state index contributed by atoms with van der Waals surface area (Å²) in [5.41, 5.74) is 1.31. The number of hydrogen-bond acceptors (Lipinski definition) is 2. The summed E-state index contributed by atoms with van der Waals surface area (Å²) in [5, 5.41) is 0. The van der Waals surface area contributed by atoms with E-state index in [9.17, 15) is 0 Å². The highest BCUT2D eigenvalue weighted by Crippen LogP contribution is 2.26. The van der Waals surface area contributed by atoms with E-state index < -0.39 is 0 Å². The molecule has 0 N–H and O–H groups in total. The van der Waals surface area contributed by atoms with E-state index in [1.165, 1.54) is 5.69 Å². The number of anilines is 1. The first-order valence-corrected chi connectivity index (χ1v) is 5.17. The monoisotopic (exact) mass is 191 g/mol. The Morgan fingerprint density at radius 3 is 2.57 bits per heavy atom. The average molecular weight is 191 g/mol. The molecule has 2 heteroatoms. The number of nitrogens with zero attached hydrogens (tertiary/aromatic N) is 1. The van der Waals surface area contributed by atoms with Crippen molar-refractivity contribution in [2.24, 2.45) is 0 Å². The maximum Gasteiger partial charge on any atom is 0.0788 e. The van der Waals surface area contributed by atoms with E-state index in [1.807, 2.05) is 0 Å². The molecule has 2 nitrogen and oxygen atoms in total. The standard InChI is InChI=1S/C12H17NO/c1-10-12(14-2)8-9-13(10)11-6-4-3-5-7-11/h3-7,10,12H,8-9H2,1-2H3. The molecule has 0 aliphatic carbocycles. The van der Waals surface area contributed by atoms with Gasteiger partial charge < -0.3 is 9.64 Å². The van der Waals surface area contributed by atoms with Crippen LogP contribution in [0, 0.1) is 0 Å². The number of methoxy groups -OCH3 is 1. The lowest BCUT2D eigenvalue weighted by molar-refractivity contribution is 0.0998. The Labute approximate surface area is 85.5 Å². The maximum absolute atomic E-state index is 5.43. The van der Waals surface area contributed by atoms with E-state index in [2.05, 4.69) is 42.2 Å². The van der Waals surface area contributed by atoms with Gasteiger partial charge in [0.15, 0.2) is 0 Å². The minimum absolute atomic E-state index is 0.384. The number of rotatable bonds is 2. The van der Waals surface area contributed by atoms with Crippen LogP contribution in [-0.4, -0.2) is 25.8 Å². The third kappa shape index (κ3) is 1.62. The van der Waals surface area contributed by atoms with Gasteiger partial charge in [0.05, 0.1) is 12.1 Å². The molecule has 2 rings (SSSR count). The van der Waals surface area contributed by atoms with Gasteiger partial charge in [-0.2, -0.15) is 0 Å². The van der Waals surface area contributed by atoms with Gasteiger partial charge in [-0.25, -0.2) is 0 Å². The predicted octanol–water partition coefficient (Wildman–Crippen LogP) is 2.30. The van der Waals surface area contributed by atoms with Gasteiger partial charge in [-0.15, -0.1) is 0 Å². The van der Waals surface area contributed by atoms with Crippen molar-refractivity contribution >= 4 is 5.69 Å². The Morgan fingerprint density at radius 1 is 1.29 bits per heavy atom. The van der Waals surface area contributed by atoms with Crippen molar-refractivity contribution in [1.82, 2.24) is 0 Å². The first-order chi connectivity index (χ1) is 6.83. The largest absolute Gasteiger partial charge is 0.379 e. The van der Waals surface area contributed by atoms with Crippen LogP contribution in [0.1, 0.15) is 13.3 Å². The minimum Gasteiger partial charge on any atom is -0.379 e. The molecule has 0 spiro atoms. The van der Waals surface area contributed by atoms with E-state index in [-0.39, 0.29) is 0 Å². The molecule has 1 heterocycles. The van der Waals surface area contributed by atoms with Crippen molar-refractivity contribution in [3.8, 4) is 0 Å². The lowest BCUT2D eigenvalue weighted by atomic mass is 10.2. The number of hydrogen-bond donors (Lipinski definition) is 0. The van der Waals surface area contributed by atoms with Crippen LogP contribution in [0.3, 0.4) is 0 Å². The van der Waals surface area contributed by atoms with Gasteiger partial charge >= 0.3 is 0 Å². The van der Waals surface area contributed by atoms with Gasteiger partial charge in [-0.3, -0.25) is 0 Å². The summed E-state index contributed by atoms with van der Waals surface area (Å²) in [4.78, 5) is 2.41. The molecular formula is C12H17NO. The smallest absolute Gasteiger partial charge is 0.0788 e. The van der Waals surface area contributed by atoms with E-state index >= 15 is 0 Å². The second-order valence-corrected chi connectivity index (χ2v) is 3.83. The predicted molar refractivity (Wildman–Crippen MR) is 58.7 cm³/mol. The molecular weight excluding hydrogens is 174 g/mol. The van der Waals surface area contributed by atoms with Gasteiger partial charge in [-0.1, -0.05) is 18.2 Å². The van der Waals surface area contributed by atoms with Crippen LogP contribution in [0.4, 0.5) is 5.69 Å². The highest BCUT2D eigenvalue weighted by atomic mass is 16.5. The van der Waals surface area contributed by atoms with E-state index in [0.29, 0.717) is 12.1 Å². The van der Waals surface area contributed by atoms with Crippen LogP contribution in [0.5, 0.6) is 0 Å². The summed E-state index contributed by atoms with van der Waals surface area (Å²) in [5.74, 6) is 0. The minimum atomic E-state index is 0.384. The van der Waals surface area contributed by atoms with Crippen LogP contribution >= 0.6 is 0 Å². The zero-order chi connectivity index (χ0) is 9.97. The summed E-state index contributed by atoms with van der Waals surface area (Å²) < 4.78 is 5.43. The number of benzene rings is 1. The van der Waals surface area contributed by atoms with Crippen molar-refractivity contribution in [1.29, 1.82) is 0 Å². The van der Waals surface area contributed by atoms with Crippen molar-refractivity contribution in [3.63, 3.8) is 0 Å². The molecule has 1 aliphatic heterocycles. The lowest BCUT2D eigenvalue weighted by Crippen LogP contribution is -2.32. The Morgan fingerprint density at radius 2 is 2.00 bits per heavy atom. The highest BCUT2D eigenvalue weighted by molar-refractivity contribution is 5.48. The van der Waals surface area contributed by atoms with Gasteiger partial charge in [0.2, 0.25) is 0 Å². The molecule has 0 bridgehead atoms. The topological polar surface area (TPSA) is 12.5 Å². The maximum atomic E-state index is 5.43. The Hall–Kier alpha value is -1.02. The molecule has 2 atom stereocenters. The molecule has 0 saturated carbocycles. The molecule has 1 aliphatic rings. The molecule has 76 valence electrons. The second-order valence-electron chi connectivity index (χ2n) is 3.83. The summed E-state index contributed by atoms with van der Waals surface area (Å²) in [7, 11) is 1.80. The molecule has 1 aromatic rings. The Kier molecular flexibility index (Phi) is 2.73. The SMILES string of the molecule is COC1CCN(c2ccccc2)C1C. The molecule has 0 amide bonds. The fourth-order valence-electron chi connectivity index (χ4n) is 2.21. The van der Waals surface area contributed by atoms with E-state index in [4.69, 9.17) is 4.74 Å². The normalized spacial score (nSPS) is 26.9.